The lowest BCUT2D eigenvalue weighted by atomic mass is 10.3. The van der Waals surface area contributed by atoms with E-state index in [0.29, 0.717) is 16.1 Å². The number of hydrogen-bond donors (Lipinski definition) is 1. The quantitative estimate of drug-likeness (QED) is 0.915. The fourth-order valence-corrected chi connectivity index (χ4v) is 1.81. The Hall–Kier alpha value is -2.28. The minimum absolute atomic E-state index is 0.0673. The van der Waals surface area contributed by atoms with E-state index in [-0.39, 0.29) is 11.7 Å². The highest BCUT2D eigenvalue weighted by Crippen LogP contribution is 2.20. The molecule has 7 nitrogen and oxygen atoms in total. The van der Waals surface area contributed by atoms with Crippen LogP contribution in [-0.2, 0) is 4.74 Å². The Balaban J connectivity index is 2.63. The third-order valence-electron chi connectivity index (χ3n) is 2.60. The maximum absolute atomic E-state index is 12.1. The van der Waals surface area contributed by atoms with Gasteiger partial charge in [0.05, 0.1) is 18.1 Å². The Bertz CT molecular complexity index is 681. The van der Waals surface area contributed by atoms with Gasteiger partial charge in [0.2, 0.25) is 5.82 Å². The first-order valence-corrected chi connectivity index (χ1v) is 6.06. The summed E-state index contributed by atoms with van der Waals surface area (Å²) in [6, 6.07) is 4.93. The molecule has 1 heterocycles. The second kappa shape index (κ2) is 5.38. The number of nitrogens with zero attached hydrogens (tertiary/aromatic N) is 3. The number of carbonyl (C=O) groups excluding carboxylic acids is 2. The van der Waals surface area contributed by atoms with E-state index in [1.165, 1.54) is 16.7 Å². The van der Waals surface area contributed by atoms with Crippen molar-refractivity contribution in [1.82, 2.24) is 14.6 Å². The van der Waals surface area contributed by atoms with Crippen molar-refractivity contribution in [3.05, 3.63) is 29.0 Å². The number of hydrogen-bond acceptors (Lipinski definition) is 4. The van der Waals surface area contributed by atoms with Gasteiger partial charge in [-0.15, -0.1) is 0 Å². The van der Waals surface area contributed by atoms with E-state index in [2.05, 4.69) is 15.1 Å². The van der Waals surface area contributed by atoms with Gasteiger partial charge in [-0.25, -0.2) is 19.9 Å². The van der Waals surface area contributed by atoms with Crippen molar-refractivity contribution >= 4 is 34.6 Å². The lowest BCUT2D eigenvalue weighted by Crippen LogP contribution is -2.31. The zero-order valence-electron chi connectivity index (χ0n) is 11.2. The zero-order chi connectivity index (χ0) is 14.9. The molecule has 20 heavy (non-hydrogen) atoms. The number of fused-ring (bicyclic) bond motifs is 1. The van der Waals surface area contributed by atoms with Crippen LogP contribution in [0.15, 0.2) is 18.2 Å². The van der Waals surface area contributed by atoms with Crippen LogP contribution in [0.5, 0.6) is 0 Å². The van der Waals surface area contributed by atoms with Gasteiger partial charge in [0.25, 0.3) is 5.91 Å². The number of imidazole rings is 1. The molecule has 1 N–H and O–H groups in total. The molecular weight excluding hydrogens is 284 g/mol. The van der Waals surface area contributed by atoms with Gasteiger partial charge in [-0.3, -0.25) is 4.79 Å². The third kappa shape index (κ3) is 2.53. The molecule has 106 valence electrons. The summed E-state index contributed by atoms with van der Waals surface area (Å²) in [5.74, 6) is -0.286. The van der Waals surface area contributed by atoms with Crippen molar-refractivity contribution in [2.24, 2.45) is 0 Å². The minimum Gasteiger partial charge on any atom is -0.452 e. The molecule has 1 aromatic heterocycles. The molecule has 0 aliphatic rings. The summed E-state index contributed by atoms with van der Waals surface area (Å²) in [7, 11) is 4.42. The molecule has 2 rings (SSSR count). The van der Waals surface area contributed by atoms with Crippen LogP contribution in [0.3, 0.4) is 0 Å². The molecule has 0 unspecified atom stereocenters. The first-order chi connectivity index (χ1) is 9.43. The summed E-state index contributed by atoms with van der Waals surface area (Å²) in [5.41, 5.74) is 3.48. The fourth-order valence-electron chi connectivity index (χ4n) is 1.64. The Morgan fingerprint density at radius 1 is 1.40 bits per heavy atom. The molecule has 0 bridgehead atoms. The Labute approximate surface area is 120 Å². The Morgan fingerprint density at radius 3 is 2.70 bits per heavy atom. The van der Waals surface area contributed by atoms with Gasteiger partial charge < -0.3 is 9.64 Å². The molecule has 0 aliphatic carbocycles. The van der Waals surface area contributed by atoms with Gasteiger partial charge in [-0.2, -0.15) is 0 Å². The number of benzene rings is 1. The summed E-state index contributed by atoms with van der Waals surface area (Å²) < 4.78 is 5.80. The smallest absolute Gasteiger partial charge is 0.426 e. The van der Waals surface area contributed by atoms with Crippen molar-refractivity contribution in [2.45, 2.75) is 0 Å². The fraction of sp³-hybridized carbons (Fsp3) is 0.250. The summed E-state index contributed by atoms with van der Waals surface area (Å²) >= 11 is 5.93. The lowest BCUT2D eigenvalue weighted by molar-refractivity contribution is 0.0813. The molecule has 0 saturated carbocycles. The highest BCUT2D eigenvalue weighted by Gasteiger charge is 2.21. The largest absolute Gasteiger partial charge is 0.452 e. The van der Waals surface area contributed by atoms with Crippen LogP contribution in [0.2, 0.25) is 5.02 Å². The maximum Gasteiger partial charge on any atom is 0.426 e. The van der Waals surface area contributed by atoms with E-state index >= 15 is 0 Å². The van der Waals surface area contributed by atoms with Gasteiger partial charge in [-0.1, -0.05) is 11.6 Å². The average Bonchev–Trinajstić information content (AvgIpc) is 2.75. The second-order valence-corrected chi connectivity index (χ2v) is 4.64. The van der Waals surface area contributed by atoms with Crippen molar-refractivity contribution in [3.63, 3.8) is 0 Å². The van der Waals surface area contributed by atoms with E-state index in [1.807, 2.05) is 0 Å². The van der Waals surface area contributed by atoms with Crippen molar-refractivity contribution in [3.8, 4) is 0 Å². The SMILES string of the molecule is COC(=O)Nn1c(C(=O)N(C)C)nc2ccc(Cl)cc21. The molecule has 0 aliphatic heterocycles. The maximum atomic E-state index is 12.1. The number of ether oxygens (including phenoxy) is 1. The zero-order valence-corrected chi connectivity index (χ0v) is 11.9. The van der Waals surface area contributed by atoms with Gasteiger partial charge in [0, 0.05) is 19.1 Å². The van der Waals surface area contributed by atoms with Gasteiger partial charge >= 0.3 is 6.09 Å². The number of halogens is 1. The van der Waals surface area contributed by atoms with Crippen LogP contribution >= 0.6 is 11.6 Å². The van der Waals surface area contributed by atoms with Crippen molar-refractivity contribution in [2.75, 3.05) is 26.6 Å². The second-order valence-electron chi connectivity index (χ2n) is 4.21. The van der Waals surface area contributed by atoms with Gasteiger partial charge in [0.15, 0.2) is 0 Å². The van der Waals surface area contributed by atoms with Crippen LogP contribution in [0.4, 0.5) is 4.79 Å². The van der Waals surface area contributed by atoms with Crippen LogP contribution < -0.4 is 5.43 Å². The van der Waals surface area contributed by atoms with E-state index in [0.717, 1.165) is 0 Å². The number of rotatable bonds is 2. The molecule has 2 aromatic rings. The van der Waals surface area contributed by atoms with E-state index in [4.69, 9.17) is 11.6 Å². The molecule has 0 spiro atoms. The standard InChI is InChI=1S/C12H13ClN4O3/c1-16(2)11(18)10-14-8-5-4-7(13)6-9(8)17(10)15-12(19)20-3/h4-6H,1-3H3,(H,15,19). The van der Waals surface area contributed by atoms with Gasteiger partial charge in [-0.05, 0) is 18.2 Å². The monoisotopic (exact) mass is 296 g/mol. The molecule has 0 radical (unpaired) electrons. The van der Waals surface area contributed by atoms with Crippen molar-refractivity contribution < 1.29 is 14.3 Å². The van der Waals surface area contributed by atoms with E-state index in [9.17, 15) is 9.59 Å². The van der Waals surface area contributed by atoms with E-state index < -0.39 is 6.09 Å². The number of nitrogens with one attached hydrogen (secondary N) is 1. The third-order valence-corrected chi connectivity index (χ3v) is 2.84. The summed E-state index contributed by atoms with van der Waals surface area (Å²) in [4.78, 5) is 29.1. The normalized spacial score (nSPS) is 10.4. The molecular formula is C12H13ClN4O3. The molecule has 0 atom stereocenters. The summed E-state index contributed by atoms with van der Waals surface area (Å²) in [6.07, 6.45) is -0.711. The minimum atomic E-state index is -0.711. The number of amides is 2. The van der Waals surface area contributed by atoms with Gasteiger partial charge in [0.1, 0.15) is 0 Å². The topological polar surface area (TPSA) is 76.5 Å². The summed E-state index contributed by atoms with van der Waals surface area (Å²) in [5, 5.41) is 0.467. The number of aromatic nitrogens is 2. The highest BCUT2D eigenvalue weighted by molar-refractivity contribution is 6.31. The van der Waals surface area contributed by atoms with Crippen LogP contribution in [0, 0.1) is 0 Å². The average molecular weight is 297 g/mol. The predicted molar refractivity (Wildman–Crippen MR) is 74.5 cm³/mol. The van der Waals surface area contributed by atoms with Crippen LogP contribution in [-0.4, -0.2) is 47.8 Å². The molecule has 0 saturated heterocycles. The number of methoxy groups -OCH3 is 1. The molecule has 8 heteroatoms. The molecule has 0 fully saturated rings. The Morgan fingerprint density at radius 2 is 2.10 bits per heavy atom. The highest BCUT2D eigenvalue weighted by atomic mass is 35.5. The van der Waals surface area contributed by atoms with E-state index in [1.54, 1.807) is 32.3 Å². The molecule has 1 aromatic carbocycles. The lowest BCUT2D eigenvalue weighted by Gasteiger charge is -2.12. The first kappa shape index (κ1) is 14.1. The summed E-state index contributed by atoms with van der Waals surface area (Å²) in [6.45, 7) is 0. The first-order valence-electron chi connectivity index (χ1n) is 5.68. The Kier molecular flexibility index (Phi) is 3.80. The molecule has 2 amide bonds. The van der Waals surface area contributed by atoms with Crippen LogP contribution in [0.1, 0.15) is 10.6 Å². The predicted octanol–water partition coefficient (Wildman–Crippen LogP) is 1.70. The number of carbonyl (C=O) groups is 2. The van der Waals surface area contributed by atoms with Crippen LogP contribution in [0.25, 0.3) is 11.0 Å². The van der Waals surface area contributed by atoms with Crippen molar-refractivity contribution in [1.29, 1.82) is 0 Å².